The second-order valence-corrected chi connectivity index (χ2v) is 11.3. The van der Waals surface area contributed by atoms with Crippen molar-refractivity contribution in [1.29, 1.82) is 0 Å². The Morgan fingerprint density at radius 3 is 2.39 bits per heavy atom. The molecule has 36 heavy (non-hydrogen) atoms. The molecule has 3 rings (SSSR count). The molecule has 0 saturated carbocycles. The minimum Gasteiger partial charge on any atom is -0.337 e. The fraction of sp³-hybridized carbons (Fsp3) is 0.400. The topological polar surface area (TPSA) is 126 Å². The molecule has 3 aromatic rings. The van der Waals surface area contributed by atoms with Crippen molar-refractivity contribution in [3.8, 4) is 11.4 Å². The van der Waals surface area contributed by atoms with Gasteiger partial charge in [-0.15, -0.1) is 0 Å². The molecule has 11 heteroatoms. The summed E-state index contributed by atoms with van der Waals surface area (Å²) < 4.78 is 46.8. The van der Waals surface area contributed by atoms with Crippen LogP contribution in [0, 0.1) is 11.3 Å². The number of hydrogen-bond donors (Lipinski definition) is 3. The van der Waals surface area contributed by atoms with Crippen LogP contribution in [0.5, 0.6) is 0 Å². The maximum atomic E-state index is 13.1. The van der Waals surface area contributed by atoms with E-state index in [4.69, 9.17) is 4.52 Å². The lowest BCUT2D eigenvalue weighted by Gasteiger charge is -2.19. The fourth-order valence-corrected chi connectivity index (χ4v) is 4.38. The average Bonchev–Trinajstić information content (AvgIpc) is 3.32. The Balaban J connectivity index is 1.73. The molecule has 194 valence electrons. The molecule has 0 aliphatic rings. The molecular weight excluding hydrogens is 485 g/mol. The van der Waals surface area contributed by atoms with Crippen LogP contribution in [0.2, 0.25) is 0 Å². The lowest BCUT2D eigenvalue weighted by atomic mass is 9.94. The first-order valence-corrected chi connectivity index (χ1v) is 13.0. The van der Waals surface area contributed by atoms with Gasteiger partial charge < -0.3 is 15.2 Å². The summed E-state index contributed by atoms with van der Waals surface area (Å²) in [5, 5.41) is 9.81. The van der Waals surface area contributed by atoms with Gasteiger partial charge in [0.1, 0.15) is 6.67 Å². The van der Waals surface area contributed by atoms with Crippen LogP contribution in [-0.2, 0) is 14.8 Å². The first kappa shape index (κ1) is 27.3. The fourth-order valence-electron chi connectivity index (χ4n) is 3.33. The standard InChI is InChI=1S/C25H32FN5O4S/c1-16(2)13-21(27-5)23-29-22(30-35-23)17-9-11-20(12-10-17)36(33,34)31-19-8-6-7-18(14-19)28-24(32)25(3,4)15-26/h6-12,14,16,21,27,31H,13,15H2,1-5H3,(H,28,32)/t21-/m0/s1. The van der Waals surface area contributed by atoms with E-state index < -0.39 is 28.0 Å². The molecule has 1 aromatic heterocycles. The summed E-state index contributed by atoms with van der Waals surface area (Å²) in [6.07, 6.45) is 0.833. The zero-order chi connectivity index (χ0) is 26.5. The van der Waals surface area contributed by atoms with Gasteiger partial charge in [-0.25, -0.2) is 12.8 Å². The highest BCUT2D eigenvalue weighted by Gasteiger charge is 2.27. The van der Waals surface area contributed by atoms with Crippen molar-refractivity contribution in [3.63, 3.8) is 0 Å². The Hall–Kier alpha value is -3.31. The molecule has 0 spiro atoms. The number of nitrogens with one attached hydrogen (secondary N) is 3. The average molecular weight is 518 g/mol. The highest BCUT2D eigenvalue weighted by atomic mass is 32.2. The molecular formula is C25H32FN5O4S. The molecule has 2 aromatic carbocycles. The molecule has 1 atom stereocenters. The number of benzene rings is 2. The van der Waals surface area contributed by atoms with Crippen LogP contribution in [0.4, 0.5) is 15.8 Å². The lowest BCUT2D eigenvalue weighted by Crippen LogP contribution is -2.32. The molecule has 0 radical (unpaired) electrons. The molecule has 0 aliphatic heterocycles. The van der Waals surface area contributed by atoms with Crippen molar-refractivity contribution in [1.82, 2.24) is 15.5 Å². The number of hydrogen-bond acceptors (Lipinski definition) is 7. The number of carbonyl (C=O) groups excluding carboxylic acids is 1. The van der Waals surface area contributed by atoms with Crippen LogP contribution in [0.25, 0.3) is 11.4 Å². The molecule has 9 nitrogen and oxygen atoms in total. The van der Waals surface area contributed by atoms with Crippen molar-refractivity contribution in [2.75, 3.05) is 23.8 Å². The zero-order valence-corrected chi connectivity index (χ0v) is 21.8. The molecule has 0 unspecified atom stereocenters. The normalized spacial score (nSPS) is 13.0. The third-order valence-corrected chi connectivity index (χ3v) is 6.94. The smallest absolute Gasteiger partial charge is 0.261 e. The summed E-state index contributed by atoms with van der Waals surface area (Å²) in [7, 11) is -2.08. The minimum atomic E-state index is -3.91. The van der Waals surface area contributed by atoms with E-state index in [1.807, 2.05) is 7.05 Å². The van der Waals surface area contributed by atoms with Gasteiger partial charge in [-0.3, -0.25) is 9.52 Å². The summed E-state index contributed by atoms with van der Waals surface area (Å²) in [5.74, 6) is 0.774. The third kappa shape index (κ3) is 6.67. The monoisotopic (exact) mass is 517 g/mol. The van der Waals surface area contributed by atoms with Crippen molar-refractivity contribution in [3.05, 3.63) is 54.4 Å². The number of aromatic nitrogens is 2. The maximum absolute atomic E-state index is 13.1. The Kier molecular flexibility index (Phi) is 8.47. The largest absolute Gasteiger partial charge is 0.337 e. The molecule has 0 bridgehead atoms. The van der Waals surface area contributed by atoms with Crippen LogP contribution in [-0.4, -0.2) is 38.2 Å². The number of rotatable bonds is 11. The van der Waals surface area contributed by atoms with E-state index >= 15 is 0 Å². The second-order valence-electron chi connectivity index (χ2n) is 9.61. The van der Waals surface area contributed by atoms with E-state index in [-0.39, 0.29) is 16.6 Å². The molecule has 0 saturated heterocycles. The Labute approximate surface area is 210 Å². The summed E-state index contributed by atoms with van der Waals surface area (Å²) >= 11 is 0. The molecule has 1 heterocycles. The van der Waals surface area contributed by atoms with Gasteiger partial charge in [0.15, 0.2) is 0 Å². The number of halogens is 1. The first-order chi connectivity index (χ1) is 16.9. The maximum Gasteiger partial charge on any atom is 0.261 e. The van der Waals surface area contributed by atoms with E-state index in [1.165, 1.54) is 32.0 Å². The SMILES string of the molecule is CN[C@@H](CC(C)C)c1nc(-c2ccc(S(=O)(=O)Nc3cccc(NC(=O)C(C)(C)CF)c3)cc2)no1. The number of amides is 1. The Morgan fingerprint density at radius 1 is 1.11 bits per heavy atom. The molecule has 3 N–H and O–H groups in total. The number of sulfonamides is 1. The van der Waals surface area contributed by atoms with Crippen LogP contribution in [0.3, 0.4) is 0 Å². The van der Waals surface area contributed by atoms with E-state index in [0.29, 0.717) is 28.9 Å². The molecule has 0 aliphatic carbocycles. The zero-order valence-electron chi connectivity index (χ0n) is 21.0. The van der Waals surface area contributed by atoms with Crippen molar-refractivity contribution in [2.45, 2.75) is 45.1 Å². The quantitative estimate of drug-likeness (QED) is 0.334. The number of anilines is 2. The van der Waals surface area contributed by atoms with Gasteiger partial charge >= 0.3 is 0 Å². The summed E-state index contributed by atoms with van der Waals surface area (Å²) in [6.45, 7) is 6.36. The van der Waals surface area contributed by atoms with Crippen molar-refractivity contribution >= 4 is 27.3 Å². The predicted molar refractivity (Wildman–Crippen MR) is 137 cm³/mol. The molecule has 0 fully saturated rings. The van der Waals surface area contributed by atoms with Crippen LogP contribution < -0.4 is 15.4 Å². The van der Waals surface area contributed by atoms with Gasteiger partial charge in [0, 0.05) is 11.3 Å². The lowest BCUT2D eigenvalue weighted by molar-refractivity contribution is -0.124. The summed E-state index contributed by atoms with van der Waals surface area (Å²) in [5.41, 5.74) is 0.0194. The van der Waals surface area contributed by atoms with Gasteiger partial charge in [-0.1, -0.05) is 25.1 Å². The summed E-state index contributed by atoms with van der Waals surface area (Å²) in [4.78, 5) is 16.7. The van der Waals surface area contributed by atoms with E-state index in [1.54, 1.807) is 30.3 Å². The Morgan fingerprint density at radius 2 is 1.78 bits per heavy atom. The Bertz CT molecular complexity index is 1290. The van der Waals surface area contributed by atoms with Crippen molar-refractivity contribution < 1.29 is 22.1 Å². The molecule has 1 amide bonds. The van der Waals surface area contributed by atoms with Gasteiger partial charge in [0.25, 0.3) is 10.0 Å². The number of carbonyl (C=O) groups is 1. The summed E-state index contributed by atoms with van der Waals surface area (Å²) in [6, 6.07) is 12.2. The van der Waals surface area contributed by atoms with E-state index in [9.17, 15) is 17.6 Å². The van der Waals surface area contributed by atoms with Crippen LogP contribution in [0.1, 0.15) is 46.0 Å². The highest BCUT2D eigenvalue weighted by Crippen LogP contribution is 2.26. The predicted octanol–water partition coefficient (Wildman–Crippen LogP) is 4.78. The van der Waals surface area contributed by atoms with Gasteiger partial charge in [-0.05, 0) is 75.7 Å². The van der Waals surface area contributed by atoms with E-state index in [0.717, 1.165) is 6.42 Å². The number of alkyl halides is 1. The number of nitrogens with zero attached hydrogens (tertiary/aromatic N) is 2. The van der Waals surface area contributed by atoms with Crippen LogP contribution >= 0.6 is 0 Å². The highest BCUT2D eigenvalue weighted by molar-refractivity contribution is 7.92. The van der Waals surface area contributed by atoms with E-state index in [2.05, 4.69) is 39.3 Å². The van der Waals surface area contributed by atoms with Gasteiger partial charge in [0.2, 0.25) is 17.6 Å². The van der Waals surface area contributed by atoms with Gasteiger partial charge in [0.05, 0.1) is 22.0 Å². The third-order valence-electron chi connectivity index (χ3n) is 5.54. The first-order valence-electron chi connectivity index (χ1n) is 11.6. The van der Waals surface area contributed by atoms with Crippen molar-refractivity contribution in [2.24, 2.45) is 11.3 Å². The van der Waals surface area contributed by atoms with Gasteiger partial charge in [-0.2, -0.15) is 4.98 Å². The minimum absolute atomic E-state index is 0.0379. The van der Waals surface area contributed by atoms with Crippen LogP contribution in [0.15, 0.2) is 57.9 Å². The second kappa shape index (κ2) is 11.2.